The standard InChI is InChI=1S/C20H20F2O4/c1-2-25-20(24)12-15(23)9-6-14-7-10-16(11-8-14)26-13-17-18(21)4-3-5-19(17)22/h3-5,7-8,10-11H,2,6,9,12-13H2,1H3. The van der Waals surface area contributed by atoms with Crippen LogP contribution in [-0.2, 0) is 27.4 Å². The van der Waals surface area contributed by atoms with Gasteiger partial charge in [0.1, 0.15) is 36.2 Å². The molecule has 0 aliphatic heterocycles. The Morgan fingerprint density at radius 2 is 1.65 bits per heavy atom. The second kappa shape index (κ2) is 9.65. The zero-order valence-electron chi connectivity index (χ0n) is 14.5. The van der Waals surface area contributed by atoms with Gasteiger partial charge in [0, 0.05) is 6.42 Å². The third-order valence-corrected chi connectivity index (χ3v) is 3.71. The van der Waals surface area contributed by atoms with Gasteiger partial charge in [0.2, 0.25) is 0 Å². The van der Waals surface area contributed by atoms with Crippen LogP contribution in [0.2, 0.25) is 0 Å². The molecule has 0 amide bonds. The number of aryl methyl sites for hydroxylation is 1. The third kappa shape index (κ3) is 5.95. The second-order valence-corrected chi connectivity index (χ2v) is 5.65. The molecule has 0 spiro atoms. The molecule has 2 aromatic carbocycles. The fourth-order valence-electron chi connectivity index (χ4n) is 2.32. The van der Waals surface area contributed by atoms with Gasteiger partial charge in [-0.1, -0.05) is 18.2 Å². The van der Waals surface area contributed by atoms with E-state index in [1.807, 2.05) is 0 Å². The van der Waals surface area contributed by atoms with Gasteiger partial charge in [-0.05, 0) is 43.2 Å². The molecule has 0 aliphatic rings. The van der Waals surface area contributed by atoms with Gasteiger partial charge >= 0.3 is 5.97 Å². The SMILES string of the molecule is CCOC(=O)CC(=O)CCc1ccc(OCc2c(F)cccc2F)cc1. The van der Waals surface area contributed by atoms with E-state index in [-0.39, 0.29) is 37.4 Å². The van der Waals surface area contributed by atoms with E-state index in [1.54, 1.807) is 31.2 Å². The maximum Gasteiger partial charge on any atom is 0.313 e. The number of ether oxygens (including phenoxy) is 2. The Morgan fingerprint density at radius 3 is 2.27 bits per heavy atom. The normalized spacial score (nSPS) is 10.4. The Labute approximate surface area is 150 Å². The molecule has 4 nitrogen and oxygen atoms in total. The highest BCUT2D eigenvalue weighted by Gasteiger charge is 2.11. The molecule has 6 heteroatoms. The minimum absolute atomic E-state index is 0.124. The summed E-state index contributed by atoms with van der Waals surface area (Å²) in [7, 11) is 0. The molecular weight excluding hydrogens is 342 g/mol. The zero-order chi connectivity index (χ0) is 18.9. The first-order chi connectivity index (χ1) is 12.5. The number of Topliss-reactive ketones (excluding diaryl/α,β-unsaturated/α-hetero) is 1. The highest BCUT2D eigenvalue weighted by molar-refractivity contribution is 5.95. The molecule has 0 aromatic heterocycles. The Balaban J connectivity index is 1.83. The van der Waals surface area contributed by atoms with Crippen LogP contribution in [0.3, 0.4) is 0 Å². The lowest BCUT2D eigenvalue weighted by Gasteiger charge is -2.09. The van der Waals surface area contributed by atoms with Crippen molar-refractivity contribution in [3.8, 4) is 5.75 Å². The number of hydrogen-bond donors (Lipinski definition) is 0. The number of halogens is 2. The van der Waals surface area contributed by atoms with Crippen molar-refractivity contribution in [1.82, 2.24) is 0 Å². The van der Waals surface area contributed by atoms with E-state index in [0.717, 1.165) is 5.56 Å². The highest BCUT2D eigenvalue weighted by Crippen LogP contribution is 2.18. The number of ketones is 1. The van der Waals surface area contributed by atoms with Crippen molar-refractivity contribution in [3.63, 3.8) is 0 Å². The molecule has 0 aliphatic carbocycles. The number of rotatable bonds is 9. The van der Waals surface area contributed by atoms with Crippen LogP contribution in [0.25, 0.3) is 0 Å². The first-order valence-electron chi connectivity index (χ1n) is 8.31. The van der Waals surface area contributed by atoms with Crippen molar-refractivity contribution < 1.29 is 27.8 Å². The van der Waals surface area contributed by atoms with Crippen molar-refractivity contribution in [1.29, 1.82) is 0 Å². The van der Waals surface area contributed by atoms with Crippen molar-refractivity contribution in [2.75, 3.05) is 6.61 Å². The van der Waals surface area contributed by atoms with Gasteiger partial charge in [-0.25, -0.2) is 8.78 Å². The van der Waals surface area contributed by atoms with Crippen LogP contribution in [0.4, 0.5) is 8.78 Å². The Hall–Kier alpha value is -2.76. The first kappa shape index (κ1) is 19.6. The number of carbonyl (C=O) groups excluding carboxylic acids is 2. The van der Waals surface area contributed by atoms with E-state index >= 15 is 0 Å². The molecule has 0 saturated carbocycles. The van der Waals surface area contributed by atoms with Crippen molar-refractivity contribution >= 4 is 11.8 Å². The molecule has 2 rings (SSSR count). The number of carbonyl (C=O) groups is 2. The van der Waals surface area contributed by atoms with E-state index < -0.39 is 17.6 Å². The Morgan fingerprint density at radius 1 is 1.00 bits per heavy atom. The quantitative estimate of drug-likeness (QED) is 0.500. The lowest BCUT2D eigenvalue weighted by atomic mass is 10.1. The summed E-state index contributed by atoms with van der Waals surface area (Å²) in [6.45, 7) is 1.73. The number of hydrogen-bond acceptors (Lipinski definition) is 4. The molecule has 0 fully saturated rings. The summed E-state index contributed by atoms with van der Waals surface area (Å²) in [5.41, 5.74) is 0.771. The lowest BCUT2D eigenvalue weighted by molar-refractivity contribution is -0.145. The number of esters is 1. The van der Waals surface area contributed by atoms with Gasteiger partial charge in [-0.2, -0.15) is 0 Å². The summed E-state index contributed by atoms with van der Waals surface area (Å²) in [5.74, 6) is -1.53. The van der Waals surface area contributed by atoms with Crippen LogP contribution in [0.5, 0.6) is 5.75 Å². The lowest BCUT2D eigenvalue weighted by Crippen LogP contribution is -2.11. The molecule has 26 heavy (non-hydrogen) atoms. The van der Waals surface area contributed by atoms with Crippen molar-refractivity contribution in [2.45, 2.75) is 32.8 Å². The summed E-state index contributed by atoms with van der Waals surface area (Å²) in [6, 6.07) is 10.5. The van der Waals surface area contributed by atoms with E-state index in [2.05, 4.69) is 0 Å². The molecule has 0 saturated heterocycles. The van der Waals surface area contributed by atoms with Gasteiger partial charge in [-0.3, -0.25) is 9.59 Å². The predicted molar refractivity (Wildman–Crippen MR) is 91.7 cm³/mol. The molecule has 0 bridgehead atoms. The average molecular weight is 362 g/mol. The molecule has 138 valence electrons. The summed E-state index contributed by atoms with van der Waals surface area (Å²) in [4.78, 5) is 22.9. The zero-order valence-corrected chi connectivity index (χ0v) is 14.5. The third-order valence-electron chi connectivity index (χ3n) is 3.71. The first-order valence-corrected chi connectivity index (χ1v) is 8.31. The molecule has 0 radical (unpaired) electrons. The van der Waals surface area contributed by atoms with E-state index in [9.17, 15) is 18.4 Å². The fourth-order valence-corrected chi connectivity index (χ4v) is 2.32. The average Bonchev–Trinajstić information content (AvgIpc) is 2.60. The van der Waals surface area contributed by atoms with Crippen LogP contribution in [0.1, 0.15) is 30.9 Å². The van der Waals surface area contributed by atoms with Crippen LogP contribution in [0, 0.1) is 11.6 Å². The Bertz CT molecular complexity index is 737. The van der Waals surface area contributed by atoms with Crippen LogP contribution >= 0.6 is 0 Å². The molecule has 0 N–H and O–H groups in total. The van der Waals surface area contributed by atoms with Crippen LogP contribution in [0.15, 0.2) is 42.5 Å². The second-order valence-electron chi connectivity index (χ2n) is 5.65. The van der Waals surface area contributed by atoms with Crippen molar-refractivity contribution in [3.05, 3.63) is 65.2 Å². The molecule has 0 heterocycles. The summed E-state index contributed by atoms with van der Waals surface area (Å²) in [5, 5.41) is 0. The minimum atomic E-state index is -0.651. The maximum atomic E-state index is 13.5. The smallest absolute Gasteiger partial charge is 0.313 e. The molecule has 0 unspecified atom stereocenters. The maximum absolute atomic E-state index is 13.5. The monoisotopic (exact) mass is 362 g/mol. The van der Waals surface area contributed by atoms with Gasteiger partial charge in [0.15, 0.2) is 0 Å². The molecule has 0 atom stereocenters. The fraction of sp³-hybridized carbons (Fsp3) is 0.300. The molecule has 2 aromatic rings. The summed E-state index contributed by atoms with van der Waals surface area (Å²) < 4.78 is 37.2. The van der Waals surface area contributed by atoms with Gasteiger partial charge < -0.3 is 9.47 Å². The number of benzene rings is 2. The van der Waals surface area contributed by atoms with E-state index in [0.29, 0.717) is 12.2 Å². The highest BCUT2D eigenvalue weighted by atomic mass is 19.1. The summed E-state index contributed by atoms with van der Waals surface area (Å²) in [6.07, 6.45) is 0.503. The van der Waals surface area contributed by atoms with Crippen molar-refractivity contribution in [2.24, 2.45) is 0 Å². The van der Waals surface area contributed by atoms with Gasteiger partial charge in [0.25, 0.3) is 0 Å². The van der Waals surface area contributed by atoms with Crippen LogP contribution < -0.4 is 4.74 Å². The molecular formula is C20H20F2O4. The summed E-state index contributed by atoms with van der Waals surface area (Å²) >= 11 is 0. The van der Waals surface area contributed by atoms with E-state index in [1.165, 1.54) is 18.2 Å². The predicted octanol–water partition coefficient (Wildman–Crippen LogP) is 4.00. The van der Waals surface area contributed by atoms with Gasteiger partial charge in [0.05, 0.1) is 12.2 Å². The van der Waals surface area contributed by atoms with Crippen LogP contribution in [-0.4, -0.2) is 18.4 Å². The van der Waals surface area contributed by atoms with E-state index in [4.69, 9.17) is 9.47 Å². The van der Waals surface area contributed by atoms with Gasteiger partial charge in [-0.15, -0.1) is 0 Å². The minimum Gasteiger partial charge on any atom is -0.489 e. The Kier molecular flexibility index (Phi) is 7.26. The largest absolute Gasteiger partial charge is 0.489 e. The topological polar surface area (TPSA) is 52.6 Å².